The summed E-state index contributed by atoms with van der Waals surface area (Å²) in [4.78, 5) is 2.43. The van der Waals surface area contributed by atoms with E-state index in [1.807, 2.05) is 36.4 Å². The zero-order chi connectivity index (χ0) is 21.4. The summed E-state index contributed by atoms with van der Waals surface area (Å²) in [5.41, 5.74) is 2.41. The quantitative estimate of drug-likeness (QED) is 0.522. The Morgan fingerprint density at radius 2 is 1.74 bits per heavy atom. The molecule has 0 spiro atoms. The maximum absolute atomic E-state index is 6.36. The van der Waals surface area contributed by atoms with Gasteiger partial charge >= 0.3 is 0 Å². The lowest BCUT2D eigenvalue weighted by molar-refractivity contribution is 0.144. The standard InChI is InChI=1S/C25H29ClN4O/c1-17(2)29-15-19-14-20(26)10-13-23(19)30-24(16-29)27-28-25(30)18-8-11-22(12-9-18)31-21-6-4-3-5-7-21/h3-7,10,13-14,17-18,22H,8-9,11-12,15-16H2,1-2H3/t18-,22-. The molecular weight excluding hydrogens is 408 g/mol. The second-order valence-corrected chi connectivity index (χ2v) is 9.42. The van der Waals surface area contributed by atoms with Gasteiger partial charge in [-0.1, -0.05) is 29.8 Å². The van der Waals surface area contributed by atoms with Gasteiger partial charge in [-0.05, 0) is 75.4 Å². The van der Waals surface area contributed by atoms with Crippen LogP contribution >= 0.6 is 11.6 Å². The Labute approximate surface area is 189 Å². The molecule has 2 aromatic carbocycles. The molecule has 0 atom stereocenters. The van der Waals surface area contributed by atoms with Crippen molar-refractivity contribution in [2.75, 3.05) is 0 Å². The fourth-order valence-corrected chi connectivity index (χ4v) is 5.01. The third kappa shape index (κ3) is 4.21. The molecular formula is C25H29ClN4O. The minimum Gasteiger partial charge on any atom is -0.490 e. The number of hydrogen-bond donors (Lipinski definition) is 0. The van der Waals surface area contributed by atoms with Gasteiger partial charge in [0.15, 0.2) is 5.82 Å². The average Bonchev–Trinajstić information content (AvgIpc) is 3.10. The molecule has 5 nitrogen and oxygen atoms in total. The van der Waals surface area contributed by atoms with Crippen LogP contribution < -0.4 is 4.74 Å². The van der Waals surface area contributed by atoms with E-state index in [1.165, 1.54) is 11.3 Å². The van der Waals surface area contributed by atoms with Gasteiger partial charge in [0.05, 0.1) is 18.3 Å². The smallest absolute Gasteiger partial charge is 0.151 e. The average molecular weight is 437 g/mol. The number of ether oxygens (including phenoxy) is 1. The molecule has 1 fully saturated rings. The molecule has 31 heavy (non-hydrogen) atoms. The molecule has 1 saturated carbocycles. The summed E-state index contributed by atoms with van der Waals surface area (Å²) < 4.78 is 8.50. The summed E-state index contributed by atoms with van der Waals surface area (Å²) in [5.74, 6) is 3.46. The highest BCUT2D eigenvalue weighted by Crippen LogP contribution is 2.37. The van der Waals surface area contributed by atoms with Crippen molar-refractivity contribution in [2.45, 2.75) is 70.7 Å². The fourth-order valence-electron chi connectivity index (χ4n) is 4.81. The van der Waals surface area contributed by atoms with E-state index in [4.69, 9.17) is 21.4 Å². The molecule has 0 N–H and O–H groups in total. The van der Waals surface area contributed by atoms with Crippen LogP contribution in [0, 0.1) is 0 Å². The van der Waals surface area contributed by atoms with Gasteiger partial charge in [-0.25, -0.2) is 0 Å². The van der Waals surface area contributed by atoms with E-state index in [0.29, 0.717) is 12.0 Å². The summed E-state index contributed by atoms with van der Waals surface area (Å²) >= 11 is 6.36. The molecule has 6 heteroatoms. The predicted octanol–water partition coefficient (Wildman–Crippen LogP) is 5.75. The van der Waals surface area contributed by atoms with Crippen molar-refractivity contribution in [3.63, 3.8) is 0 Å². The minimum atomic E-state index is 0.271. The van der Waals surface area contributed by atoms with Gasteiger partial charge < -0.3 is 4.74 Å². The lowest BCUT2D eigenvalue weighted by Gasteiger charge is -2.29. The topological polar surface area (TPSA) is 43.2 Å². The number of rotatable bonds is 4. The molecule has 2 aliphatic rings. The first-order valence-electron chi connectivity index (χ1n) is 11.3. The Kier molecular flexibility index (Phi) is 5.72. The minimum absolute atomic E-state index is 0.271. The van der Waals surface area contributed by atoms with Crippen LogP contribution in [0.15, 0.2) is 48.5 Å². The highest BCUT2D eigenvalue weighted by atomic mass is 35.5. The van der Waals surface area contributed by atoms with Crippen LogP contribution in [-0.2, 0) is 13.1 Å². The van der Waals surface area contributed by atoms with Crippen LogP contribution in [0.4, 0.5) is 0 Å². The first kappa shape index (κ1) is 20.5. The second kappa shape index (κ2) is 8.64. The predicted molar refractivity (Wildman–Crippen MR) is 123 cm³/mol. The summed E-state index contributed by atoms with van der Waals surface area (Å²) in [7, 11) is 0. The maximum atomic E-state index is 6.36. The molecule has 0 radical (unpaired) electrons. The number of hydrogen-bond acceptors (Lipinski definition) is 4. The molecule has 0 unspecified atom stereocenters. The Bertz CT molecular complexity index is 1040. The molecule has 1 aliphatic carbocycles. The van der Waals surface area contributed by atoms with Crippen molar-refractivity contribution >= 4 is 11.6 Å². The van der Waals surface area contributed by atoms with Crippen molar-refractivity contribution in [3.8, 4) is 11.4 Å². The Morgan fingerprint density at radius 3 is 2.48 bits per heavy atom. The van der Waals surface area contributed by atoms with Crippen LogP contribution in [-0.4, -0.2) is 31.8 Å². The summed E-state index contributed by atoms with van der Waals surface area (Å²) in [6, 6.07) is 16.8. The molecule has 1 aliphatic heterocycles. The lowest BCUT2D eigenvalue weighted by atomic mass is 9.86. The molecule has 0 saturated heterocycles. The van der Waals surface area contributed by atoms with E-state index in [9.17, 15) is 0 Å². The van der Waals surface area contributed by atoms with E-state index in [0.717, 1.165) is 61.2 Å². The van der Waals surface area contributed by atoms with E-state index in [-0.39, 0.29) is 6.10 Å². The third-order valence-electron chi connectivity index (χ3n) is 6.57. The van der Waals surface area contributed by atoms with E-state index in [1.54, 1.807) is 0 Å². The molecule has 0 amide bonds. The second-order valence-electron chi connectivity index (χ2n) is 8.99. The van der Waals surface area contributed by atoms with Gasteiger partial charge in [0.1, 0.15) is 11.6 Å². The van der Waals surface area contributed by atoms with Crippen molar-refractivity contribution < 1.29 is 4.74 Å². The number of aromatic nitrogens is 3. The zero-order valence-electron chi connectivity index (χ0n) is 18.2. The van der Waals surface area contributed by atoms with Gasteiger partial charge in [0.25, 0.3) is 0 Å². The van der Waals surface area contributed by atoms with Gasteiger partial charge in [0.2, 0.25) is 0 Å². The zero-order valence-corrected chi connectivity index (χ0v) is 18.9. The summed E-state index contributed by atoms with van der Waals surface area (Å²) in [5, 5.41) is 10.1. The van der Waals surface area contributed by atoms with Crippen LogP contribution in [0.2, 0.25) is 5.02 Å². The Hall–Kier alpha value is -2.37. The van der Waals surface area contributed by atoms with Crippen molar-refractivity contribution in [1.82, 2.24) is 19.7 Å². The SMILES string of the molecule is CC(C)N1Cc2cc(Cl)ccc2-n2c(nnc2[C@H]2CC[C@H](Oc3ccccc3)CC2)C1. The van der Waals surface area contributed by atoms with Crippen molar-refractivity contribution in [2.24, 2.45) is 0 Å². The highest BCUT2D eigenvalue weighted by Gasteiger charge is 2.31. The number of benzene rings is 2. The fraction of sp³-hybridized carbons (Fsp3) is 0.440. The van der Waals surface area contributed by atoms with E-state index < -0.39 is 0 Å². The van der Waals surface area contributed by atoms with Crippen molar-refractivity contribution in [3.05, 3.63) is 70.8 Å². The summed E-state index contributed by atoms with van der Waals surface area (Å²) in [6.07, 6.45) is 4.47. The Morgan fingerprint density at radius 1 is 0.968 bits per heavy atom. The van der Waals surface area contributed by atoms with Crippen LogP contribution in [0.1, 0.15) is 62.7 Å². The largest absolute Gasteiger partial charge is 0.490 e. The molecule has 5 rings (SSSR count). The first-order valence-corrected chi connectivity index (χ1v) is 11.6. The highest BCUT2D eigenvalue weighted by molar-refractivity contribution is 6.30. The van der Waals surface area contributed by atoms with E-state index in [2.05, 4.69) is 40.5 Å². The molecule has 2 heterocycles. The van der Waals surface area contributed by atoms with Crippen LogP contribution in [0.5, 0.6) is 5.75 Å². The molecule has 1 aromatic heterocycles. The number of nitrogens with zero attached hydrogens (tertiary/aromatic N) is 4. The lowest BCUT2D eigenvalue weighted by Crippen LogP contribution is -2.29. The van der Waals surface area contributed by atoms with Gasteiger partial charge in [-0.3, -0.25) is 9.47 Å². The summed E-state index contributed by atoms with van der Waals surface area (Å²) in [6.45, 7) is 6.12. The van der Waals surface area contributed by atoms with Crippen LogP contribution in [0.25, 0.3) is 5.69 Å². The monoisotopic (exact) mass is 436 g/mol. The van der Waals surface area contributed by atoms with E-state index >= 15 is 0 Å². The molecule has 3 aromatic rings. The van der Waals surface area contributed by atoms with Gasteiger partial charge in [-0.15, -0.1) is 10.2 Å². The normalized spacial score (nSPS) is 21.4. The van der Waals surface area contributed by atoms with Crippen LogP contribution in [0.3, 0.4) is 0 Å². The number of para-hydroxylation sites is 1. The van der Waals surface area contributed by atoms with Gasteiger partial charge in [-0.2, -0.15) is 0 Å². The van der Waals surface area contributed by atoms with Gasteiger partial charge in [0, 0.05) is 23.5 Å². The molecule has 0 bridgehead atoms. The van der Waals surface area contributed by atoms with Crippen molar-refractivity contribution in [1.29, 1.82) is 0 Å². The number of halogens is 1. The third-order valence-corrected chi connectivity index (χ3v) is 6.81. The maximum Gasteiger partial charge on any atom is 0.151 e. The molecule has 162 valence electrons. The Balaban J connectivity index is 1.40. The number of fused-ring (bicyclic) bond motifs is 3. The first-order chi connectivity index (χ1) is 15.1.